The van der Waals surface area contributed by atoms with Crippen molar-refractivity contribution in [3.63, 3.8) is 0 Å². The fraction of sp³-hybridized carbons (Fsp3) is 0.133. The van der Waals surface area contributed by atoms with Gasteiger partial charge in [-0.25, -0.2) is 4.79 Å². The molecule has 5 heteroatoms. The van der Waals surface area contributed by atoms with E-state index in [1.165, 1.54) is 18.2 Å². The van der Waals surface area contributed by atoms with Gasteiger partial charge in [0.1, 0.15) is 11.5 Å². The molecule has 0 saturated heterocycles. The van der Waals surface area contributed by atoms with E-state index < -0.39 is 5.97 Å². The second-order valence-electron chi connectivity index (χ2n) is 4.46. The molecule has 0 radical (unpaired) electrons. The summed E-state index contributed by atoms with van der Waals surface area (Å²) in [5.41, 5.74) is 1.21. The fourth-order valence-electron chi connectivity index (χ4n) is 2.00. The molecule has 0 bridgehead atoms. The average molecular weight is 273 g/mol. The largest absolute Gasteiger partial charge is 0.508 e. The third-order valence-electron chi connectivity index (χ3n) is 3.01. The number of hydrogen-bond donors (Lipinski definition) is 4. The van der Waals surface area contributed by atoms with E-state index in [2.05, 4.69) is 5.32 Å². The molecular weight excluding hydrogens is 258 g/mol. The lowest BCUT2D eigenvalue weighted by molar-refractivity contribution is 0.0698. The predicted octanol–water partition coefficient (Wildman–Crippen LogP) is 2.97. The first-order valence-electron chi connectivity index (χ1n) is 6.10. The van der Waals surface area contributed by atoms with Gasteiger partial charge >= 0.3 is 5.97 Å². The Labute approximate surface area is 116 Å². The number of phenolic OH excluding ortho intramolecular Hbond substituents is 2. The summed E-state index contributed by atoms with van der Waals surface area (Å²) in [6.45, 7) is 1.80. The van der Waals surface area contributed by atoms with Gasteiger partial charge in [-0.2, -0.15) is 0 Å². The molecule has 2 rings (SSSR count). The molecule has 1 atom stereocenters. The monoisotopic (exact) mass is 273 g/mol. The van der Waals surface area contributed by atoms with E-state index in [9.17, 15) is 15.0 Å². The second-order valence-corrected chi connectivity index (χ2v) is 4.46. The van der Waals surface area contributed by atoms with Gasteiger partial charge < -0.3 is 20.6 Å². The van der Waals surface area contributed by atoms with Crippen molar-refractivity contribution in [3.05, 3.63) is 53.6 Å². The van der Waals surface area contributed by atoms with E-state index in [0.717, 1.165) is 0 Å². The zero-order valence-corrected chi connectivity index (χ0v) is 10.9. The van der Waals surface area contributed by atoms with Crippen LogP contribution in [-0.2, 0) is 0 Å². The van der Waals surface area contributed by atoms with E-state index >= 15 is 0 Å². The van der Waals surface area contributed by atoms with Crippen molar-refractivity contribution in [1.29, 1.82) is 0 Å². The molecule has 2 aromatic rings. The van der Waals surface area contributed by atoms with Crippen LogP contribution < -0.4 is 5.32 Å². The molecule has 2 aromatic carbocycles. The summed E-state index contributed by atoms with van der Waals surface area (Å²) in [5.74, 6) is -1.09. The summed E-state index contributed by atoms with van der Waals surface area (Å²) in [7, 11) is 0. The summed E-state index contributed by atoms with van der Waals surface area (Å²) in [5, 5.41) is 31.2. The molecule has 0 fully saturated rings. The molecule has 0 aromatic heterocycles. The topological polar surface area (TPSA) is 89.8 Å². The number of carboxylic acid groups (broad SMARTS) is 1. The molecule has 0 aliphatic heterocycles. The van der Waals surface area contributed by atoms with E-state index in [4.69, 9.17) is 5.11 Å². The van der Waals surface area contributed by atoms with Crippen LogP contribution >= 0.6 is 0 Å². The number of carboxylic acids is 1. The Morgan fingerprint density at radius 3 is 2.50 bits per heavy atom. The van der Waals surface area contributed by atoms with Gasteiger partial charge in [-0.1, -0.05) is 12.1 Å². The summed E-state index contributed by atoms with van der Waals surface area (Å²) in [6.07, 6.45) is 0. The Kier molecular flexibility index (Phi) is 3.79. The maximum Gasteiger partial charge on any atom is 0.337 e. The van der Waals surface area contributed by atoms with Crippen LogP contribution in [-0.4, -0.2) is 21.3 Å². The lowest BCUT2D eigenvalue weighted by Crippen LogP contribution is -2.10. The summed E-state index contributed by atoms with van der Waals surface area (Å²) in [4.78, 5) is 11.1. The standard InChI is InChI=1S/C15H15NO4/c1-9(11-7-6-10(17)8-14(11)18)16-13-5-3-2-4-12(13)15(19)20/h2-9,16-18H,1H3,(H,19,20). The summed E-state index contributed by atoms with van der Waals surface area (Å²) >= 11 is 0. The van der Waals surface area contributed by atoms with Crippen LogP contribution in [0.4, 0.5) is 5.69 Å². The van der Waals surface area contributed by atoms with Crippen LogP contribution in [0.1, 0.15) is 28.9 Å². The Morgan fingerprint density at radius 1 is 1.15 bits per heavy atom. The van der Waals surface area contributed by atoms with Crippen molar-refractivity contribution in [3.8, 4) is 11.5 Å². The fourth-order valence-corrected chi connectivity index (χ4v) is 2.00. The normalized spacial score (nSPS) is 11.8. The SMILES string of the molecule is CC(Nc1ccccc1C(=O)O)c1ccc(O)cc1O. The maximum atomic E-state index is 11.1. The van der Waals surface area contributed by atoms with Crippen molar-refractivity contribution in [2.24, 2.45) is 0 Å². The van der Waals surface area contributed by atoms with Crippen molar-refractivity contribution in [2.75, 3.05) is 5.32 Å². The van der Waals surface area contributed by atoms with E-state index in [-0.39, 0.29) is 23.1 Å². The molecule has 20 heavy (non-hydrogen) atoms. The van der Waals surface area contributed by atoms with E-state index in [0.29, 0.717) is 11.3 Å². The van der Waals surface area contributed by atoms with Gasteiger partial charge in [-0.15, -0.1) is 0 Å². The molecule has 0 aliphatic rings. The molecular formula is C15H15NO4. The minimum atomic E-state index is -1.02. The van der Waals surface area contributed by atoms with Gasteiger partial charge in [0.25, 0.3) is 0 Å². The number of carbonyl (C=O) groups is 1. The first kappa shape index (κ1) is 13.7. The van der Waals surface area contributed by atoms with Crippen LogP contribution in [0.15, 0.2) is 42.5 Å². The first-order valence-corrected chi connectivity index (χ1v) is 6.10. The molecule has 0 amide bonds. The number of aromatic hydroxyl groups is 2. The highest BCUT2D eigenvalue weighted by molar-refractivity contribution is 5.94. The smallest absolute Gasteiger partial charge is 0.337 e. The first-order chi connectivity index (χ1) is 9.49. The molecule has 0 aliphatic carbocycles. The molecule has 0 heterocycles. The number of para-hydroxylation sites is 1. The van der Waals surface area contributed by atoms with Crippen LogP contribution in [0.3, 0.4) is 0 Å². The number of phenols is 2. The maximum absolute atomic E-state index is 11.1. The number of aromatic carboxylic acids is 1. The van der Waals surface area contributed by atoms with Gasteiger partial charge in [0.05, 0.1) is 11.6 Å². The Balaban J connectivity index is 2.28. The second kappa shape index (κ2) is 5.52. The summed E-state index contributed by atoms with van der Waals surface area (Å²) in [6, 6.07) is 10.6. The van der Waals surface area contributed by atoms with Gasteiger partial charge in [0.2, 0.25) is 0 Å². The lowest BCUT2D eigenvalue weighted by Gasteiger charge is -2.18. The van der Waals surface area contributed by atoms with Crippen LogP contribution in [0.2, 0.25) is 0 Å². The van der Waals surface area contributed by atoms with Crippen molar-refractivity contribution in [1.82, 2.24) is 0 Å². The third-order valence-corrected chi connectivity index (χ3v) is 3.01. The van der Waals surface area contributed by atoms with Crippen molar-refractivity contribution < 1.29 is 20.1 Å². The quantitative estimate of drug-likeness (QED) is 0.687. The molecule has 0 saturated carbocycles. The van der Waals surface area contributed by atoms with Crippen molar-refractivity contribution in [2.45, 2.75) is 13.0 Å². The Hall–Kier alpha value is -2.69. The predicted molar refractivity (Wildman–Crippen MR) is 75.2 cm³/mol. The number of benzene rings is 2. The minimum Gasteiger partial charge on any atom is -0.508 e. The van der Waals surface area contributed by atoms with Crippen molar-refractivity contribution >= 4 is 11.7 Å². The number of anilines is 1. The zero-order valence-electron chi connectivity index (χ0n) is 10.9. The minimum absolute atomic E-state index is 0.0237. The van der Waals surface area contributed by atoms with Crippen LogP contribution in [0, 0.1) is 0 Å². The van der Waals surface area contributed by atoms with Gasteiger partial charge in [0, 0.05) is 17.3 Å². The highest BCUT2D eigenvalue weighted by Gasteiger charge is 2.14. The number of rotatable bonds is 4. The van der Waals surface area contributed by atoms with Crippen LogP contribution in [0.5, 0.6) is 11.5 Å². The van der Waals surface area contributed by atoms with Gasteiger partial charge in [0.15, 0.2) is 0 Å². The highest BCUT2D eigenvalue weighted by Crippen LogP contribution is 2.30. The lowest BCUT2D eigenvalue weighted by atomic mass is 10.1. The van der Waals surface area contributed by atoms with Crippen LogP contribution in [0.25, 0.3) is 0 Å². The summed E-state index contributed by atoms with van der Waals surface area (Å²) < 4.78 is 0. The molecule has 5 nitrogen and oxygen atoms in total. The Bertz CT molecular complexity index is 640. The molecule has 0 spiro atoms. The molecule has 1 unspecified atom stereocenters. The van der Waals surface area contributed by atoms with E-state index in [1.54, 1.807) is 31.2 Å². The molecule has 4 N–H and O–H groups in total. The van der Waals surface area contributed by atoms with E-state index in [1.807, 2.05) is 0 Å². The van der Waals surface area contributed by atoms with Gasteiger partial charge in [-0.05, 0) is 31.2 Å². The average Bonchev–Trinajstić information content (AvgIpc) is 2.38. The zero-order chi connectivity index (χ0) is 14.7. The highest BCUT2D eigenvalue weighted by atomic mass is 16.4. The Morgan fingerprint density at radius 2 is 1.85 bits per heavy atom. The number of hydrogen-bond acceptors (Lipinski definition) is 4. The number of nitrogens with one attached hydrogen (secondary N) is 1. The van der Waals surface area contributed by atoms with Gasteiger partial charge in [-0.3, -0.25) is 0 Å². The molecule has 104 valence electrons. The third kappa shape index (κ3) is 2.83.